The monoisotopic (exact) mass is 376 g/mol. The van der Waals surface area contributed by atoms with Crippen LogP contribution in [0.15, 0.2) is 126 Å². The number of rotatable bonds is 4. The van der Waals surface area contributed by atoms with E-state index in [-0.39, 0.29) is 6.03 Å². The van der Waals surface area contributed by atoms with Gasteiger partial charge in [0.1, 0.15) is 0 Å². The normalized spacial score (nSPS) is 10.2. The largest absolute Gasteiger partial charge is 0.353 e. The van der Waals surface area contributed by atoms with E-state index in [4.69, 9.17) is 0 Å². The number of urea groups is 1. The molecular weight excluding hydrogens is 356 g/mol. The number of nitrogens with zero attached hydrogens (tertiary/aromatic N) is 2. The molecule has 0 radical (unpaired) electrons. The van der Waals surface area contributed by atoms with Crippen molar-refractivity contribution in [1.29, 1.82) is 0 Å². The second-order valence-electron chi connectivity index (χ2n) is 6.48. The Hall–Kier alpha value is -3.98. The molecule has 0 spiro atoms. The second kappa shape index (κ2) is 8.81. The number of carbonyl (C=O) groups excluding carboxylic acids is 1. The van der Waals surface area contributed by atoms with Crippen molar-refractivity contribution < 1.29 is 4.79 Å². The Kier molecular flexibility index (Phi) is 5.58. The Morgan fingerprint density at radius 3 is 1.24 bits per heavy atom. The van der Waals surface area contributed by atoms with Crippen LogP contribution in [0.25, 0.3) is 0 Å². The summed E-state index contributed by atoms with van der Waals surface area (Å²) in [6.07, 6.45) is 0. The van der Waals surface area contributed by atoms with Gasteiger partial charge in [-0.15, -0.1) is 0 Å². The average Bonchev–Trinajstić information content (AvgIpc) is 2.80. The van der Waals surface area contributed by atoms with E-state index in [1.807, 2.05) is 121 Å². The van der Waals surface area contributed by atoms with Gasteiger partial charge in [-0.2, -0.15) is 4.99 Å². The van der Waals surface area contributed by atoms with Gasteiger partial charge < -0.3 is 0 Å². The van der Waals surface area contributed by atoms with Gasteiger partial charge >= 0.3 is 6.03 Å². The van der Waals surface area contributed by atoms with E-state index >= 15 is 0 Å². The molecular formula is C26H20N2O. The highest BCUT2D eigenvalue weighted by Crippen LogP contribution is 2.26. The highest BCUT2D eigenvalue weighted by atomic mass is 16.2. The van der Waals surface area contributed by atoms with E-state index in [1.165, 1.54) is 0 Å². The zero-order valence-electron chi connectivity index (χ0n) is 15.8. The number of aliphatic imine (C=N–C) groups is 1. The molecule has 0 aliphatic rings. The summed E-state index contributed by atoms with van der Waals surface area (Å²) < 4.78 is 0. The summed E-state index contributed by atoms with van der Waals surface area (Å²) in [5.41, 5.74) is 3.98. The average molecular weight is 376 g/mol. The maximum absolute atomic E-state index is 13.4. The van der Waals surface area contributed by atoms with Gasteiger partial charge in [0.15, 0.2) is 0 Å². The van der Waals surface area contributed by atoms with Crippen LogP contribution in [0, 0.1) is 0 Å². The molecule has 3 nitrogen and oxygen atoms in total. The third-order valence-electron chi connectivity index (χ3n) is 4.52. The summed E-state index contributed by atoms with van der Waals surface area (Å²) in [7, 11) is 0. The molecule has 0 atom stereocenters. The Morgan fingerprint density at radius 2 is 0.862 bits per heavy atom. The van der Waals surface area contributed by atoms with Gasteiger partial charge in [-0.1, -0.05) is 97.1 Å². The van der Waals surface area contributed by atoms with Crippen LogP contribution in [0.5, 0.6) is 0 Å². The van der Waals surface area contributed by atoms with Crippen LogP contribution in [0.4, 0.5) is 16.2 Å². The molecule has 0 heterocycles. The van der Waals surface area contributed by atoms with Crippen molar-refractivity contribution in [2.45, 2.75) is 0 Å². The molecule has 0 aliphatic carbocycles. The van der Waals surface area contributed by atoms with E-state index in [0.717, 1.165) is 22.5 Å². The minimum atomic E-state index is -0.342. The van der Waals surface area contributed by atoms with E-state index < -0.39 is 0 Å². The van der Waals surface area contributed by atoms with Crippen LogP contribution >= 0.6 is 0 Å². The summed E-state index contributed by atoms with van der Waals surface area (Å²) in [5, 5.41) is 0. The van der Waals surface area contributed by atoms with Crippen LogP contribution in [0.1, 0.15) is 11.1 Å². The summed E-state index contributed by atoms with van der Waals surface area (Å²) in [4.78, 5) is 19.6. The molecule has 0 bridgehead atoms. The van der Waals surface area contributed by atoms with Crippen molar-refractivity contribution in [1.82, 2.24) is 0 Å². The van der Waals surface area contributed by atoms with Crippen molar-refractivity contribution in [3.8, 4) is 0 Å². The number of carbonyl (C=O) groups is 1. The molecule has 3 heteroatoms. The molecule has 140 valence electrons. The van der Waals surface area contributed by atoms with Crippen LogP contribution in [0.3, 0.4) is 0 Å². The quantitative estimate of drug-likeness (QED) is 0.375. The molecule has 0 saturated heterocycles. The third-order valence-corrected chi connectivity index (χ3v) is 4.52. The molecule has 0 fully saturated rings. The van der Waals surface area contributed by atoms with E-state index in [0.29, 0.717) is 5.71 Å². The SMILES string of the molecule is O=C(N=C(c1ccccc1)c1ccccc1)N(c1ccccc1)c1ccccc1. The zero-order valence-corrected chi connectivity index (χ0v) is 15.8. The lowest BCUT2D eigenvalue weighted by Crippen LogP contribution is -2.24. The summed E-state index contributed by atoms with van der Waals surface area (Å²) in [6.45, 7) is 0. The van der Waals surface area contributed by atoms with Crippen LogP contribution in [-0.4, -0.2) is 11.7 Å². The molecule has 0 N–H and O–H groups in total. The van der Waals surface area contributed by atoms with Gasteiger partial charge in [-0.3, -0.25) is 4.90 Å². The molecule has 0 saturated carbocycles. The lowest BCUT2D eigenvalue weighted by Gasteiger charge is -2.21. The van der Waals surface area contributed by atoms with Crippen molar-refractivity contribution in [3.63, 3.8) is 0 Å². The van der Waals surface area contributed by atoms with Crippen LogP contribution in [0.2, 0.25) is 0 Å². The topological polar surface area (TPSA) is 32.7 Å². The Bertz CT molecular complexity index is 1010. The van der Waals surface area contributed by atoms with Crippen molar-refractivity contribution in [2.75, 3.05) is 4.90 Å². The fourth-order valence-corrected chi connectivity index (χ4v) is 3.16. The Labute approximate surface area is 170 Å². The predicted octanol–water partition coefficient (Wildman–Crippen LogP) is 6.48. The maximum Gasteiger partial charge on any atom is 0.353 e. The fraction of sp³-hybridized carbons (Fsp3) is 0. The number of para-hydroxylation sites is 2. The molecule has 4 aromatic carbocycles. The molecule has 0 aromatic heterocycles. The van der Waals surface area contributed by atoms with Gasteiger partial charge in [0.25, 0.3) is 0 Å². The smallest absolute Gasteiger partial charge is 0.261 e. The van der Waals surface area contributed by atoms with Crippen molar-refractivity contribution in [2.24, 2.45) is 4.99 Å². The molecule has 4 rings (SSSR count). The first-order valence-electron chi connectivity index (χ1n) is 9.46. The summed E-state index contributed by atoms with van der Waals surface area (Å²) in [6, 6.07) is 38.4. The predicted molar refractivity (Wildman–Crippen MR) is 119 cm³/mol. The maximum atomic E-state index is 13.4. The van der Waals surface area contributed by atoms with E-state index in [1.54, 1.807) is 4.90 Å². The minimum Gasteiger partial charge on any atom is -0.261 e. The number of anilines is 2. The van der Waals surface area contributed by atoms with Gasteiger partial charge in [-0.05, 0) is 24.3 Å². The molecule has 0 unspecified atom stereocenters. The molecule has 29 heavy (non-hydrogen) atoms. The highest BCUT2D eigenvalue weighted by molar-refractivity contribution is 6.18. The van der Waals surface area contributed by atoms with Crippen LogP contribution in [-0.2, 0) is 0 Å². The highest BCUT2D eigenvalue weighted by Gasteiger charge is 2.19. The van der Waals surface area contributed by atoms with Crippen LogP contribution < -0.4 is 4.90 Å². The molecule has 4 aromatic rings. The summed E-state index contributed by atoms with van der Waals surface area (Å²) in [5.74, 6) is 0. The Morgan fingerprint density at radius 1 is 0.517 bits per heavy atom. The van der Waals surface area contributed by atoms with E-state index in [2.05, 4.69) is 4.99 Å². The van der Waals surface area contributed by atoms with E-state index in [9.17, 15) is 4.79 Å². The molecule has 0 aliphatic heterocycles. The fourth-order valence-electron chi connectivity index (χ4n) is 3.16. The first-order valence-corrected chi connectivity index (χ1v) is 9.46. The number of amides is 2. The first-order chi connectivity index (χ1) is 14.3. The summed E-state index contributed by atoms with van der Waals surface area (Å²) >= 11 is 0. The first kappa shape index (κ1) is 18.4. The lowest BCUT2D eigenvalue weighted by atomic mass is 10.0. The van der Waals surface area contributed by atoms with Crippen molar-refractivity contribution >= 4 is 23.1 Å². The van der Waals surface area contributed by atoms with Gasteiger partial charge in [-0.25, -0.2) is 4.79 Å². The van der Waals surface area contributed by atoms with Gasteiger partial charge in [0.2, 0.25) is 0 Å². The minimum absolute atomic E-state index is 0.342. The zero-order chi connectivity index (χ0) is 19.9. The second-order valence-corrected chi connectivity index (χ2v) is 6.48. The Balaban J connectivity index is 1.82. The number of hydrogen-bond donors (Lipinski definition) is 0. The van der Waals surface area contributed by atoms with Gasteiger partial charge in [0, 0.05) is 11.1 Å². The van der Waals surface area contributed by atoms with Gasteiger partial charge in [0.05, 0.1) is 17.1 Å². The number of benzene rings is 4. The third kappa shape index (κ3) is 4.30. The molecule has 2 amide bonds. The number of hydrogen-bond acceptors (Lipinski definition) is 1. The lowest BCUT2D eigenvalue weighted by molar-refractivity contribution is 0.256. The van der Waals surface area contributed by atoms with Crippen molar-refractivity contribution in [3.05, 3.63) is 132 Å². The standard InChI is InChI=1S/C26H20N2O/c29-26(28(23-17-9-3-10-18-23)24-19-11-4-12-20-24)27-25(21-13-5-1-6-14-21)22-15-7-2-8-16-22/h1-20H.